The minimum Gasteiger partial charge on any atom is -0.358 e. The summed E-state index contributed by atoms with van der Waals surface area (Å²) >= 11 is 0. The van der Waals surface area contributed by atoms with Gasteiger partial charge in [0.05, 0.1) is 28.4 Å². The van der Waals surface area contributed by atoms with Gasteiger partial charge in [0.15, 0.2) is 11.5 Å². The second-order valence-corrected chi connectivity index (χ2v) is 7.35. The molecule has 0 aliphatic carbocycles. The number of pyridine rings is 1. The van der Waals surface area contributed by atoms with Gasteiger partial charge in [0.2, 0.25) is 5.96 Å². The number of nitriles is 1. The predicted molar refractivity (Wildman–Crippen MR) is 123 cm³/mol. The fraction of sp³-hybridized carbons (Fsp3) is 0.182. The van der Waals surface area contributed by atoms with Crippen LogP contribution in [0.15, 0.2) is 52.9 Å². The van der Waals surface area contributed by atoms with Crippen LogP contribution in [0.4, 0.5) is 10.1 Å². The first-order valence-corrected chi connectivity index (χ1v) is 10.2. The number of nitrogens with one attached hydrogen (secondary N) is 1. The van der Waals surface area contributed by atoms with Crippen molar-refractivity contribution in [1.29, 1.82) is 5.26 Å². The van der Waals surface area contributed by atoms with Gasteiger partial charge in [0.25, 0.3) is 11.7 Å². The summed E-state index contributed by atoms with van der Waals surface area (Å²) in [5, 5.41) is 18.4. The lowest BCUT2D eigenvalue weighted by Crippen LogP contribution is -2.55. The molecule has 4 rings (SSSR count). The normalized spacial score (nSPS) is 14.1. The number of aromatic amines is 1. The van der Waals surface area contributed by atoms with E-state index in [4.69, 9.17) is 11.1 Å². The molecule has 0 atom stereocenters. The molecule has 0 unspecified atom stereocenters. The van der Waals surface area contributed by atoms with Gasteiger partial charge in [0.1, 0.15) is 6.07 Å². The Balaban J connectivity index is 1.49. The quantitative estimate of drug-likeness (QED) is 0.148. The van der Waals surface area contributed by atoms with Crippen LogP contribution in [-0.2, 0) is 4.79 Å². The van der Waals surface area contributed by atoms with E-state index in [1.165, 1.54) is 16.1 Å². The van der Waals surface area contributed by atoms with E-state index in [1.807, 2.05) is 41.3 Å². The molecule has 11 nitrogen and oxygen atoms in total. The first-order chi connectivity index (χ1) is 16.5. The zero-order chi connectivity index (χ0) is 24.2. The van der Waals surface area contributed by atoms with Crippen LogP contribution < -0.4 is 10.9 Å². The minimum absolute atomic E-state index is 0.0658. The summed E-state index contributed by atoms with van der Waals surface area (Å²) in [6.45, 7) is 4.66. The number of hydrogen-bond donors (Lipinski definition) is 2. The summed E-state index contributed by atoms with van der Waals surface area (Å²) in [7, 11) is 0. The van der Waals surface area contributed by atoms with Crippen molar-refractivity contribution in [3.8, 4) is 6.07 Å². The number of ketones is 1. The summed E-state index contributed by atoms with van der Waals surface area (Å²) in [6, 6.07) is 11.0. The molecule has 0 bridgehead atoms. The lowest BCUT2D eigenvalue weighted by molar-refractivity contribution is -0.127. The highest BCUT2D eigenvalue weighted by atomic mass is 19.1. The van der Waals surface area contributed by atoms with Crippen molar-refractivity contribution in [3.05, 3.63) is 59.8 Å². The lowest BCUT2D eigenvalue weighted by atomic mass is 10.1. The summed E-state index contributed by atoms with van der Waals surface area (Å²) in [4.78, 5) is 35.4. The van der Waals surface area contributed by atoms with E-state index in [0.29, 0.717) is 24.7 Å². The van der Waals surface area contributed by atoms with Crippen LogP contribution in [-0.4, -0.2) is 70.3 Å². The number of nitrogens with zero attached hydrogens (tertiary/aromatic N) is 7. The zero-order valence-electron chi connectivity index (χ0n) is 18.0. The molecule has 1 aromatic carbocycles. The molecule has 0 radical (unpaired) electrons. The number of Topliss-reactive ketones (excluding diaryl/α,β-unsaturated/α-hetero) is 1. The van der Waals surface area contributed by atoms with Gasteiger partial charge >= 0.3 is 0 Å². The van der Waals surface area contributed by atoms with Gasteiger partial charge in [0, 0.05) is 39.1 Å². The maximum atomic E-state index is 14.4. The second-order valence-electron chi connectivity index (χ2n) is 7.35. The minimum atomic E-state index is -0.875. The number of benzene rings is 1. The second kappa shape index (κ2) is 9.37. The van der Waals surface area contributed by atoms with Crippen LogP contribution in [0.1, 0.15) is 16.1 Å². The third-order valence-corrected chi connectivity index (χ3v) is 5.50. The van der Waals surface area contributed by atoms with Gasteiger partial charge in [-0.3, -0.25) is 9.59 Å². The number of nitrogens with two attached hydrogens (primary N) is 1. The molecule has 1 aliphatic rings. The number of amides is 1. The third kappa shape index (κ3) is 3.90. The lowest BCUT2D eigenvalue weighted by Gasteiger charge is -2.37. The molecule has 0 saturated carbocycles. The number of carbonyl (C=O) groups is 2. The van der Waals surface area contributed by atoms with Crippen LogP contribution in [0.5, 0.6) is 0 Å². The standard InChI is InChI=1S/C22H20FN9O2/c1-26-32(14-5-3-2-4-6-14)22(29-25)31-9-7-30(8-10-31)21(34)20(33)15-12-28-19-17(11-24)27-13-16(23)18(15)19/h2-6,12-13,28H,1,7-10,25H2/b29-22-. The molecule has 172 valence electrons. The number of aromatic nitrogens is 2. The fourth-order valence-electron chi connectivity index (χ4n) is 3.84. The van der Waals surface area contributed by atoms with Crippen LogP contribution >= 0.6 is 0 Å². The SMILES string of the molecule is C=NN(/C(=N\N)N1CCN(C(=O)C(=O)c2c[nH]c3c(C#N)ncc(F)c23)CC1)c1ccccc1. The van der Waals surface area contributed by atoms with Crippen molar-refractivity contribution in [3.63, 3.8) is 0 Å². The number of hydrazone groups is 2. The van der Waals surface area contributed by atoms with Crippen LogP contribution in [0, 0.1) is 17.1 Å². The average molecular weight is 461 g/mol. The Bertz CT molecular complexity index is 1320. The summed E-state index contributed by atoms with van der Waals surface area (Å²) in [5.41, 5.74) is 0.575. The number of guanidine groups is 1. The molecular formula is C22H20FN9O2. The Hall–Kier alpha value is -4.79. The fourth-order valence-corrected chi connectivity index (χ4v) is 3.84. The van der Waals surface area contributed by atoms with Gasteiger partial charge in [-0.1, -0.05) is 18.2 Å². The van der Waals surface area contributed by atoms with Gasteiger partial charge in [-0.15, -0.1) is 5.10 Å². The predicted octanol–water partition coefficient (Wildman–Crippen LogP) is 1.25. The Labute approximate surface area is 193 Å². The van der Waals surface area contributed by atoms with E-state index in [-0.39, 0.29) is 35.2 Å². The Morgan fingerprint density at radius 3 is 2.50 bits per heavy atom. The molecule has 1 aliphatic heterocycles. The van der Waals surface area contributed by atoms with E-state index in [1.54, 1.807) is 0 Å². The largest absolute Gasteiger partial charge is 0.358 e. The van der Waals surface area contributed by atoms with E-state index in [9.17, 15) is 14.0 Å². The van der Waals surface area contributed by atoms with Gasteiger partial charge in [-0.05, 0) is 12.1 Å². The number of carbonyl (C=O) groups excluding carboxylic acids is 2. The Kier molecular flexibility index (Phi) is 6.18. The van der Waals surface area contributed by atoms with Crippen LogP contribution in [0.25, 0.3) is 10.9 Å². The number of rotatable bonds is 4. The van der Waals surface area contributed by atoms with E-state index < -0.39 is 17.5 Å². The average Bonchev–Trinajstić information content (AvgIpc) is 3.33. The highest BCUT2D eigenvalue weighted by Gasteiger charge is 2.31. The molecular weight excluding hydrogens is 441 g/mol. The van der Waals surface area contributed by atoms with Crippen LogP contribution in [0.3, 0.4) is 0 Å². The summed E-state index contributed by atoms with van der Waals surface area (Å²) in [6.07, 6.45) is 2.08. The maximum absolute atomic E-state index is 14.4. The smallest absolute Gasteiger partial charge is 0.295 e. The molecule has 3 aromatic rings. The molecule has 3 heterocycles. The van der Waals surface area contributed by atoms with Gasteiger partial charge in [-0.2, -0.15) is 15.4 Å². The molecule has 34 heavy (non-hydrogen) atoms. The Morgan fingerprint density at radius 2 is 1.88 bits per heavy atom. The first kappa shape index (κ1) is 22.4. The number of H-pyrrole nitrogens is 1. The number of anilines is 1. The number of hydrogen-bond acceptors (Lipinski definition) is 7. The molecule has 1 fully saturated rings. The van der Waals surface area contributed by atoms with Crippen molar-refractivity contribution >= 4 is 41.0 Å². The number of para-hydroxylation sites is 1. The molecule has 1 saturated heterocycles. The van der Waals surface area contributed by atoms with Crippen molar-refractivity contribution in [2.45, 2.75) is 0 Å². The number of halogens is 1. The van der Waals surface area contributed by atoms with Crippen molar-refractivity contribution in [2.24, 2.45) is 16.0 Å². The monoisotopic (exact) mass is 461 g/mol. The molecule has 12 heteroatoms. The molecule has 1 amide bonds. The number of fused-ring (bicyclic) bond motifs is 1. The third-order valence-electron chi connectivity index (χ3n) is 5.50. The summed E-state index contributed by atoms with van der Waals surface area (Å²) in [5.74, 6) is 3.53. The number of piperazine rings is 1. The van der Waals surface area contributed by atoms with E-state index in [2.05, 4.69) is 26.9 Å². The van der Waals surface area contributed by atoms with Crippen LogP contribution in [0.2, 0.25) is 0 Å². The maximum Gasteiger partial charge on any atom is 0.295 e. The zero-order valence-corrected chi connectivity index (χ0v) is 18.0. The van der Waals surface area contributed by atoms with Crippen molar-refractivity contribution < 1.29 is 14.0 Å². The van der Waals surface area contributed by atoms with E-state index >= 15 is 0 Å². The van der Waals surface area contributed by atoms with E-state index in [0.717, 1.165) is 6.20 Å². The highest BCUT2D eigenvalue weighted by Crippen LogP contribution is 2.24. The highest BCUT2D eigenvalue weighted by molar-refractivity contribution is 6.45. The van der Waals surface area contributed by atoms with Crippen molar-refractivity contribution in [1.82, 2.24) is 19.8 Å². The van der Waals surface area contributed by atoms with Gasteiger partial charge in [-0.25, -0.2) is 9.37 Å². The first-order valence-electron chi connectivity index (χ1n) is 10.2. The topological polar surface area (TPSA) is 147 Å². The Morgan fingerprint density at radius 1 is 1.21 bits per heavy atom. The molecule has 0 spiro atoms. The molecule has 3 N–H and O–H groups in total. The summed E-state index contributed by atoms with van der Waals surface area (Å²) < 4.78 is 14.4. The van der Waals surface area contributed by atoms with Crippen molar-refractivity contribution in [2.75, 3.05) is 31.2 Å². The van der Waals surface area contributed by atoms with Gasteiger partial charge < -0.3 is 20.6 Å². The molecule has 2 aromatic heterocycles.